The first-order valence-corrected chi connectivity index (χ1v) is 7.87. The summed E-state index contributed by atoms with van der Waals surface area (Å²) in [6.07, 6.45) is 1.39. The number of anilines is 3. The standard InChI is InChI=1S/C18H14ClFN4O/c19-18-12(5-4-8-15(18)20)9-17(25)23-14-10-16(24-21-11-14)22-13-6-2-1-3-7-13/h1-8,10-11H,9H2,(H2,22,23,24,25). The number of hydrogen-bond acceptors (Lipinski definition) is 4. The van der Waals surface area contributed by atoms with E-state index in [9.17, 15) is 9.18 Å². The van der Waals surface area contributed by atoms with Gasteiger partial charge in [0.2, 0.25) is 5.91 Å². The number of nitrogens with zero attached hydrogens (tertiary/aromatic N) is 2. The molecule has 126 valence electrons. The molecule has 0 fully saturated rings. The molecule has 0 aliphatic heterocycles. The number of para-hydroxylation sites is 1. The fraction of sp³-hybridized carbons (Fsp3) is 0.0556. The maximum atomic E-state index is 13.4. The highest BCUT2D eigenvalue weighted by Gasteiger charge is 2.11. The lowest BCUT2D eigenvalue weighted by Crippen LogP contribution is -2.15. The number of aromatic nitrogens is 2. The molecule has 0 bridgehead atoms. The van der Waals surface area contributed by atoms with Gasteiger partial charge < -0.3 is 10.6 Å². The van der Waals surface area contributed by atoms with Crippen LogP contribution in [0.4, 0.5) is 21.6 Å². The molecule has 5 nitrogen and oxygen atoms in total. The molecular weight excluding hydrogens is 343 g/mol. The second kappa shape index (κ2) is 7.72. The van der Waals surface area contributed by atoms with Gasteiger partial charge in [-0.2, -0.15) is 5.10 Å². The van der Waals surface area contributed by atoms with Crippen LogP contribution in [-0.2, 0) is 11.2 Å². The van der Waals surface area contributed by atoms with Gasteiger partial charge in [0.1, 0.15) is 5.82 Å². The van der Waals surface area contributed by atoms with E-state index in [2.05, 4.69) is 20.8 Å². The fourth-order valence-electron chi connectivity index (χ4n) is 2.23. The Morgan fingerprint density at radius 1 is 1.08 bits per heavy atom. The van der Waals surface area contributed by atoms with E-state index >= 15 is 0 Å². The van der Waals surface area contributed by atoms with Crippen molar-refractivity contribution in [1.29, 1.82) is 0 Å². The molecule has 1 aromatic heterocycles. The molecule has 1 heterocycles. The van der Waals surface area contributed by atoms with Gasteiger partial charge in [0.25, 0.3) is 0 Å². The zero-order valence-corrected chi connectivity index (χ0v) is 13.8. The van der Waals surface area contributed by atoms with E-state index < -0.39 is 5.82 Å². The van der Waals surface area contributed by atoms with Crippen molar-refractivity contribution in [2.45, 2.75) is 6.42 Å². The number of carbonyl (C=O) groups excluding carboxylic acids is 1. The maximum absolute atomic E-state index is 13.4. The predicted molar refractivity (Wildman–Crippen MR) is 95.5 cm³/mol. The summed E-state index contributed by atoms with van der Waals surface area (Å²) in [5, 5.41) is 13.6. The summed E-state index contributed by atoms with van der Waals surface area (Å²) in [6.45, 7) is 0. The van der Waals surface area contributed by atoms with Gasteiger partial charge in [-0.3, -0.25) is 4.79 Å². The molecule has 0 saturated heterocycles. The van der Waals surface area contributed by atoms with Crippen LogP contribution < -0.4 is 10.6 Å². The van der Waals surface area contributed by atoms with E-state index in [-0.39, 0.29) is 17.4 Å². The second-order valence-electron chi connectivity index (χ2n) is 5.26. The van der Waals surface area contributed by atoms with Crippen LogP contribution in [0.5, 0.6) is 0 Å². The molecule has 2 N–H and O–H groups in total. The first-order chi connectivity index (χ1) is 12.1. The Labute approximate surface area is 148 Å². The summed E-state index contributed by atoms with van der Waals surface area (Å²) >= 11 is 5.87. The van der Waals surface area contributed by atoms with E-state index in [0.29, 0.717) is 17.1 Å². The topological polar surface area (TPSA) is 66.9 Å². The van der Waals surface area contributed by atoms with Gasteiger partial charge >= 0.3 is 0 Å². The number of nitrogens with one attached hydrogen (secondary N) is 2. The van der Waals surface area contributed by atoms with Crippen molar-refractivity contribution in [3.8, 4) is 0 Å². The molecule has 0 saturated carbocycles. The van der Waals surface area contributed by atoms with E-state index in [4.69, 9.17) is 11.6 Å². The smallest absolute Gasteiger partial charge is 0.228 e. The number of halogens is 2. The Kier molecular flexibility index (Phi) is 5.20. The van der Waals surface area contributed by atoms with Crippen molar-refractivity contribution in [3.05, 3.63) is 77.2 Å². The third kappa shape index (κ3) is 4.51. The van der Waals surface area contributed by atoms with Crippen molar-refractivity contribution in [3.63, 3.8) is 0 Å². The average Bonchev–Trinajstić information content (AvgIpc) is 2.60. The SMILES string of the molecule is O=C(Cc1cccc(F)c1Cl)Nc1cnnc(Nc2ccccc2)c1. The van der Waals surface area contributed by atoms with Gasteiger partial charge in [0.15, 0.2) is 5.82 Å². The van der Waals surface area contributed by atoms with Gasteiger partial charge in [0.05, 0.1) is 23.3 Å². The number of hydrogen-bond donors (Lipinski definition) is 2. The lowest BCUT2D eigenvalue weighted by molar-refractivity contribution is -0.115. The molecule has 3 rings (SSSR count). The average molecular weight is 357 g/mol. The van der Waals surface area contributed by atoms with Crippen LogP contribution in [0.1, 0.15) is 5.56 Å². The Hall–Kier alpha value is -2.99. The maximum Gasteiger partial charge on any atom is 0.228 e. The number of carbonyl (C=O) groups is 1. The molecule has 0 aliphatic rings. The first-order valence-electron chi connectivity index (χ1n) is 7.49. The van der Waals surface area contributed by atoms with Gasteiger partial charge in [-0.15, -0.1) is 5.10 Å². The van der Waals surface area contributed by atoms with Crippen LogP contribution in [0.2, 0.25) is 5.02 Å². The highest BCUT2D eigenvalue weighted by molar-refractivity contribution is 6.31. The van der Waals surface area contributed by atoms with Crippen LogP contribution in [0, 0.1) is 5.82 Å². The van der Waals surface area contributed by atoms with Crippen molar-refractivity contribution in [2.75, 3.05) is 10.6 Å². The normalized spacial score (nSPS) is 10.3. The van der Waals surface area contributed by atoms with Crippen molar-refractivity contribution >= 4 is 34.7 Å². The van der Waals surface area contributed by atoms with E-state index in [1.807, 2.05) is 30.3 Å². The van der Waals surface area contributed by atoms with Crippen LogP contribution in [0.25, 0.3) is 0 Å². The zero-order chi connectivity index (χ0) is 17.6. The number of amides is 1. The van der Waals surface area contributed by atoms with Crippen LogP contribution >= 0.6 is 11.6 Å². The third-order valence-corrected chi connectivity index (χ3v) is 3.79. The summed E-state index contributed by atoms with van der Waals surface area (Å²) in [4.78, 5) is 12.2. The summed E-state index contributed by atoms with van der Waals surface area (Å²) in [5.74, 6) is -0.383. The van der Waals surface area contributed by atoms with Crippen LogP contribution in [0.15, 0.2) is 60.8 Å². The quantitative estimate of drug-likeness (QED) is 0.719. The van der Waals surface area contributed by atoms with Crippen LogP contribution in [0.3, 0.4) is 0 Å². The molecule has 0 radical (unpaired) electrons. The molecule has 2 aromatic carbocycles. The molecule has 3 aromatic rings. The monoisotopic (exact) mass is 356 g/mol. The number of benzene rings is 2. The minimum atomic E-state index is -0.549. The summed E-state index contributed by atoms with van der Waals surface area (Å²) < 4.78 is 13.4. The van der Waals surface area contributed by atoms with E-state index in [1.54, 1.807) is 12.1 Å². The minimum absolute atomic E-state index is 0.0413. The number of rotatable bonds is 5. The Bertz CT molecular complexity index is 889. The lowest BCUT2D eigenvalue weighted by Gasteiger charge is -2.09. The first kappa shape index (κ1) is 16.9. The largest absolute Gasteiger partial charge is 0.339 e. The zero-order valence-electron chi connectivity index (χ0n) is 13.0. The molecule has 0 aliphatic carbocycles. The Balaban J connectivity index is 1.67. The molecule has 7 heteroatoms. The lowest BCUT2D eigenvalue weighted by atomic mass is 10.1. The molecule has 1 amide bonds. The second-order valence-corrected chi connectivity index (χ2v) is 5.64. The van der Waals surface area contributed by atoms with Gasteiger partial charge in [0, 0.05) is 11.8 Å². The van der Waals surface area contributed by atoms with Crippen molar-refractivity contribution in [2.24, 2.45) is 0 Å². The Morgan fingerprint density at radius 2 is 1.88 bits per heavy atom. The minimum Gasteiger partial charge on any atom is -0.339 e. The van der Waals surface area contributed by atoms with Crippen LogP contribution in [-0.4, -0.2) is 16.1 Å². The van der Waals surface area contributed by atoms with Gasteiger partial charge in [-0.1, -0.05) is 41.9 Å². The van der Waals surface area contributed by atoms with Crippen molar-refractivity contribution in [1.82, 2.24) is 10.2 Å². The summed E-state index contributed by atoms with van der Waals surface area (Å²) in [6, 6.07) is 15.5. The molecule has 0 unspecified atom stereocenters. The molecule has 0 atom stereocenters. The fourth-order valence-corrected chi connectivity index (χ4v) is 2.42. The highest BCUT2D eigenvalue weighted by Crippen LogP contribution is 2.21. The summed E-state index contributed by atoms with van der Waals surface area (Å²) in [7, 11) is 0. The molecular formula is C18H14ClFN4O. The third-order valence-electron chi connectivity index (χ3n) is 3.37. The van der Waals surface area contributed by atoms with E-state index in [0.717, 1.165) is 5.69 Å². The molecule has 0 spiro atoms. The van der Waals surface area contributed by atoms with E-state index in [1.165, 1.54) is 18.3 Å². The van der Waals surface area contributed by atoms with Gasteiger partial charge in [-0.05, 0) is 23.8 Å². The predicted octanol–water partition coefficient (Wildman–Crippen LogP) is 4.19. The summed E-state index contributed by atoms with van der Waals surface area (Å²) in [5.41, 5.74) is 1.75. The van der Waals surface area contributed by atoms with Gasteiger partial charge in [-0.25, -0.2) is 4.39 Å². The molecule has 25 heavy (non-hydrogen) atoms. The highest BCUT2D eigenvalue weighted by atomic mass is 35.5. The van der Waals surface area contributed by atoms with Crippen molar-refractivity contribution < 1.29 is 9.18 Å². The Morgan fingerprint density at radius 3 is 2.68 bits per heavy atom.